The lowest BCUT2D eigenvalue weighted by molar-refractivity contribution is -0.149. The van der Waals surface area contributed by atoms with Crippen molar-refractivity contribution in [2.75, 3.05) is 6.73 Å². The van der Waals surface area contributed by atoms with E-state index in [0.29, 0.717) is 6.61 Å². The number of likely N-dealkylation sites (tertiary alicyclic amines) is 1. The van der Waals surface area contributed by atoms with Crippen molar-refractivity contribution in [3.63, 3.8) is 0 Å². The number of ether oxygens (including phenoxy) is 1. The number of imide groups is 1. The Kier molecular flexibility index (Phi) is 5.27. The molecule has 1 N–H and O–H groups in total. The molecule has 2 amide bonds. The van der Waals surface area contributed by atoms with Gasteiger partial charge in [-0.05, 0) is 24.8 Å². The van der Waals surface area contributed by atoms with Gasteiger partial charge in [-0.2, -0.15) is 0 Å². The van der Waals surface area contributed by atoms with E-state index in [1.54, 1.807) is 0 Å². The van der Waals surface area contributed by atoms with Crippen LogP contribution in [0.15, 0.2) is 30.3 Å². The van der Waals surface area contributed by atoms with Crippen LogP contribution in [0.3, 0.4) is 0 Å². The van der Waals surface area contributed by atoms with Crippen molar-refractivity contribution >= 4 is 11.8 Å². The van der Waals surface area contributed by atoms with Crippen molar-refractivity contribution in [2.24, 2.45) is 23.7 Å². The number of rotatable bonds is 6. The smallest absolute Gasteiger partial charge is 0.235 e. The second kappa shape index (κ2) is 7.69. The van der Waals surface area contributed by atoms with E-state index in [1.807, 2.05) is 30.3 Å². The molecule has 5 heteroatoms. The predicted molar refractivity (Wildman–Crippen MR) is 103 cm³/mol. The molecule has 1 heterocycles. The van der Waals surface area contributed by atoms with E-state index in [2.05, 4.69) is 18.8 Å². The van der Waals surface area contributed by atoms with E-state index in [0.717, 1.165) is 37.7 Å². The topological polar surface area (TPSA) is 66.8 Å². The molecule has 1 aromatic rings. The molecule has 2 saturated carbocycles. The third kappa shape index (κ3) is 3.05. The number of amides is 2. The zero-order valence-corrected chi connectivity index (χ0v) is 16.3. The molecule has 2 aliphatic carbocycles. The summed E-state index contributed by atoms with van der Waals surface area (Å²) in [5.41, 5.74) is -0.190. The van der Waals surface area contributed by atoms with Gasteiger partial charge in [0.25, 0.3) is 0 Å². The standard InChI is InChI=1S/C23H27NO4/c1-2-3-4-8-13-23(27)17-11-12-18(23)20-19(17)21(25)24(22(20)26)15-28-14-16-9-6-5-7-10-16/h5-7,9-10,17-20,27H,2-4,11-12,14-15H2,1H3/t17-,18+,19-,20+,23?. The van der Waals surface area contributed by atoms with Crippen LogP contribution >= 0.6 is 0 Å². The molecule has 1 unspecified atom stereocenters. The van der Waals surface area contributed by atoms with Gasteiger partial charge < -0.3 is 9.84 Å². The van der Waals surface area contributed by atoms with Crippen molar-refractivity contribution < 1.29 is 19.4 Å². The molecule has 3 fully saturated rings. The maximum Gasteiger partial charge on any atom is 0.235 e. The summed E-state index contributed by atoms with van der Waals surface area (Å²) in [4.78, 5) is 27.2. The number of unbranched alkanes of at least 4 members (excludes halogenated alkanes) is 2. The van der Waals surface area contributed by atoms with Gasteiger partial charge in [0, 0.05) is 18.3 Å². The molecule has 28 heavy (non-hydrogen) atoms. The highest BCUT2D eigenvalue weighted by molar-refractivity contribution is 6.06. The van der Waals surface area contributed by atoms with Crippen molar-refractivity contribution in [1.82, 2.24) is 4.90 Å². The third-order valence-corrected chi connectivity index (χ3v) is 6.55. The highest BCUT2D eigenvalue weighted by atomic mass is 16.5. The summed E-state index contributed by atoms with van der Waals surface area (Å²) in [5, 5.41) is 11.2. The maximum absolute atomic E-state index is 13.0. The van der Waals surface area contributed by atoms with Crippen LogP contribution in [0.1, 0.15) is 44.6 Å². The van der Waals surface area contributed by atoms with E-state index in [1.165, 1.54) is 4.90 Å². The van der Waals surface area contributed by atoms with Gasteiger partial charge >= 0.3 is 0 Å². The summed E-state index contributed by atoms with van der Waals surface area (Å²) < 4.78 is 5.64. The molecule has 1 aromatic carbocycles. The van der Waals surface area contributed by atoms with Crippen LogP contribution in [-0.4, -0.2) is 34.2 Å². The predicted octanol–water partition coefficient (Wildman–Crippen LogP) is 2.73. The number of benzene rings is 1. The van der Waals surface area contributed by atoms with Gasteiger partial charge in [0.1, 0.15) is 12.3 Å². The quantitative estimate of drug-likeness (QED) is 0.467. The SMILES string of the molecule is CCCCC#CC1(O)[C@@H]2CC[C@H]1[C@@H]1C(=O)N(COCc3ccccc3)C(=O)[C@@H]12. The van der Waals surface area contributed by atoms with Crippen LogP contribution in [0.2, 0.25) is 0 Å². The van der Waals surface area contributed by atoms with Gasteiger partial charge in [-0.1, -0.05) is 49.6 Å². The number of hydrogen-bond acceptors (Lipinski definition) is 4. The molecule has 1 saturated heterocycles. The first-order chi connectivity index (χ1) is 13.6. The fourth-order valence-corrected chi connectivity index (χ4v) is 5.21. The zero-order chi connectivity index (χ0) is 19.7. The number of hydrogen-bond donors (Lipinski definition) is 1. The average Bonchev–Trinajstić information content (AvgIpc) is 3.25. The van der Waals surface area contributed by atoms with Crippen molar-refractivity contribution in [3.8, 4) is 11.8 Å². The van der Waals surface area contributed by atoms with Gasteiger partial charge in [-0.15, -0.1) is 5.92 Å². The van der Waals surface area contributed by atoms with Crippen LogP contribution in [0.5, 0.6) is 0 Å². The van der Waals surface area contributed by atoms with E-state index < -0.39 is 17.4 Å². The Balaban J connectivity index is 1.44. The third-order valence-electron chi connectivity index (χ3n) is 6.55. The molecule has 0 aromatic heterocycles. The van der Waals surface area contributed by atoms with E-state index in [-0.39, 0.29) is 30.4 Å². The molecule has 0 spiro atoms. The summed E-state index contributed by atoms with van der Waals surface area (Å²) in [5.74, 6) is 4.36. The van der Waals surface area contributed by atoms with Gasteiger partial charge in [-0.3, -0.25) is 14.5 Å². The van der Waals surface area contributed by atoms with Gasteiger partial charge in [0.2, 0.25) is 11.8 Å². The number of nitrogens with zero attached hydrogens (tertiary/aromatic N) is 1. The Labute approximate surface area is 166 Å². The number of aliphatic hydroxyl groups is 1. The highest BCUT2D eigenvalue weighted by Crippen LogP contribution is 2.61. The minimum atomic E-state index is -1.19. The van der Waals surface area contributed by atoms with Crippen molar-refractivity contribution in [2.45, 2.75) is 51.2 Å². The Morgan fingerprint density at radius 3 is 2.39 bits per heavy atom. The molecule has 1 aliphatic heterocycles. The minimum Gasteiger partial charge on any atom is -0.377 e. The number of carbonyl (C=O) groups excluding carboxylic acids is 2. The fourth-order valence-electron chi connectivity index (χ4n) is 5.21. The Bertz CT molecular complexity index is 779. The monoisotopic (exact) mass is 381 g/mol. The lowest BCUT2D eigenvalue weighted by Crippen LogP contribution is -2.41. The second-order valence-corrected chi connectivity index (χ2v) is 8.14. The van der Waals surface area contributed by atoms with E-state index >= 15 is 0 Å². The van der Waals surface area contributed by atoms with Gasteiger partial charge in [-0.25, -0.2) is 0 Å². The van der Waals surface area contributed by atoms with E-state index in [9.17, 15) is 14.7 Å². The fraction of sp³-hybridized carbons (Fsp3) is 0.565. The van der Waals surface area contributed by atoms with Crippen LogP contribution < -0.4 is 0 Å². The Hall–Kier alpha value is -2.16. The van der Waals surface area contributed by atoms with Crippen molar-refractivity contribution in [3.05, 3.63) is 35.9 Å². The Morgan fingerprint density at radius 2 is 1.79 bits per heavy atom. The number of carbonyl (C=O) groups is 2. The van der Waals surface area contributed by atoms with Crippen LogP contribution in [0, 0.1) is 35.5 Å². The second-order valence-electron chi connectivity index (χ2n) is 8.14. The summed E-state index contributed by atoms with van der Waals surface area (Å²) in [7, 11) is 0. The maximum atomic E-state index is 13.0. The molecule has 4 rings (SSSR count). The van der Waals surface area contributed by atoms with E-state index in [4.69, 9.17) is 4.74 Å². The largest absolute Gasteiger partial charge is 0.377 e. The number of fused-ring (bicyclic) bond motifs is 5. The van der Waals surface area contributed by atoms with Crippen LogP contribution in [0.4, 0.5) is 0 Å². The first-order valence-corrected chi connectivity index (χ1v) is 10.3. The molecule has 5 atom stereocenters. The van der Waals surface area contributed by atoms with Crippen LogP contribution in [0.25, 0.3) is 0 Å². The van der Waals surface area contributed by atoms with Crippen molar-refractivity contribution in [1.29, 1.82) is 0 Å². The first kappa shape index (κ1) is 19.2. The summed E-state index contributed by atoms with van der Waals surface area (Å²) in [6, 6.07) is 9.67. The lowest BCUT2D eigenvalue weighted by atomic mass is 9.81. The summed E-state index contributed by atoms with van der Waals surface area (Å²) in [6.07, 6.45) is 4.30. The Morgan fingerprint density at radius 1 is 1.14 bits per heavy atom. The van der Waals surface area contributed by atoms with Crippen LogP contribution in [-0.2, 0) is 20.9 Å². The molecular weight excluding hydrogens is 354 g/mol. The average molecular weight is 381 g/mol. The molecular formula is C23H27NO4. The normalized spacial score (nSPS) is 33.1. The zero-order valence-electron chi connectivity index (χ0n) is 16.3. The van der Waals surface area contributed by atoms with Gasteiger partial charge in [0.15, 0.2) is 0 Å². The molecule has 3 aliphatic rings. The molecule has 2 bridgehead atoms. The molecule has 5 nitrogen and oxygen atoms in total. The molecule has 148 valence electrons. The first-order valence-electron chi connectivity index (χ1n) is 10.3. The van der Waals surface area contributed by atoms with Gasteiger partial charge in [0.05, 0.1) is 18.4 Å². The summed E-state index contributed by atoms with van der Waals surface area (Å²) >= 11 is 0. The lowest BCUT2D eigenvalue weighted by Gasteiger charge is -2.26. The molecule has 0 radical (unpaired) electrons. The summed E-state index contributed by atoms with van der Waals surface area (Å²) in [6.45, 7) is 2.43. The highest BCUT2D eigenvalue weighted by Gasteiger charge is 2.71. The minimum absolute atomic E-state index is 0.0282.